The van der Waals surface area contributed by atoms with Crippen molar-refractivity contribution in [3.63, 3.8) is 0 Å². The van der Waals surface area contributed by atoms with Gasteiger partial charge in [-0.25, -0.2) is 9.97 Å². The van der Waals surface area contributed by atoms with Gasteiger partial charge < -0.3 is 5.32 Å². The zero-order valence-electron chi connectivity index (χ0n) is 15.8. The summed E-state index contributed by atoms with van der Waals surface area (Å²) in [6.45, 7) is 1.91. The second-order valence-electron chi connectivity index (χ2n) is 7.64. The van der Waals surface area contributed by atoms with E-state index in [2.05, 4.69) is 25.5 Å². The van der Waals surface area contributed by atoms with Crippen LogP contribution in [0.2, 0.25) is 0 Å². The lowest BCUT2D eigenvalue weighted by atomic mass is 9.92. The first-order valence-corrected chi connectivity index (χ1v) is 9.82. The van der Waals surface area contributed by atoms with E-state index in [1.807, 2.05) is 25.3 Å². The van der Waals surface area contributed by atoms with Gasteiger partial charge in [0.05, 0.1) is 17.3 Å². The van der Waals surface area contributed by atoms with Gasteiger partial charge in [-0.2, -0.15) is 5.10 Å². The Morgan fingerprint density at radius 1 is 1.25 bits per heavy atom. The van der Waals surface area contributed by atoms with E-state index in [4.69, 9.17) is 4.98 Å². The molecule has 1 saturated carbocycles. The van der Waals surface area contributed by atoms with Crippen LogP contribution in [0.25, 0.3) is 11.4 Å². The van der Waals surface area contributed by atoms with Gasteiger partial charge in [0.15, 0.2) is 5.82 Å². The second-order valence-corrected chi connectivity index (χ2v) is 7.64. The first kappa shape index (κ1) is 17.0. The van der Waals surface area contributed by atoms with Crippen LogP contribution >= 0.6 is 0 Å². The maximum absolute atomic E-state index is 13.0. The maximum Gasteiger partial charge on any atom is 0.255 e. The third-order valence-corrected chi connectivity index (χ3v) is 5.57. The van der Waals surface area contributed by atoms with Crippen LogP contribution in [0.15, 0.2) is 30.7 Å². The number of hydrogen-bond acceptors (Lipinski definition) is 5. The van der Waals surface area contributed by atoms with E-state index in [1.54, 1.807) is 12.4 Å². The summed E-state index contributed by atoms with van der Waals surface area (Å²) in [6.07, 6.45) is 10.4. The molecule has 2 N–H and O–H groups in total. The average molecular weight is 374 g/mol. The number of hydrogen-bond donors (Lipinski definition) is 2. The molecule has 0 bridgehead atoms. The number of rotatable bonds is 4. The largest absolute Gasteiger partial charge is 0.345 e. The van der Waals surface area contributed by atoms with Gasteiger partial charge in [-0.05, 0) is 51.2 Å². The Labute approximate surface area is 163 Å². The molecule has 0 spiro atoms. The van der Waals surface area contributed by atoms with Gasteiger partial charge in [-0.1, -0.05) is 0 Å². The highest BCUT2D eigenvalue weighted by Gasteiger charge is 2.33. The highest BCUT2D eigenvalue weighted by atomic mass is 16.1. The Kier molecular flexibility index (Phi) is 4.15. The van der Waals surface area contributed by atoms with E-state index in [-0.39, 0.29) is 11.9 Å². The molecule has 5 rings (SSSR count). The normalized spacial score (nSPS) is 18.5. The van der Waals surface area contributed by atoms with Gasteiger partial charge in [-0.3, -0.25) is 14.9 Å². The van der Waals surface area contributed by atoms with Crippen molar-refractivity contribution < 1.29 is 4.79 Å². The summed E-state index contributed by atoms with van der Waals surface area (Å²) in [7, 11) is 0. The van der Waals surface area contributed by atoms with Crippen molar-refractivity contribution >= 4 is 5.91 Å². The fraction of sp³-hybridized carbons (Fsp3) is 0.381. The summed E-state index contributed by atoms with van der Waals surface area (Å²) in [6, 6.07) is 3.77. The Balaban J connectivity index is 1.41. The van der Waals surface area contributed by atoms with Gasteiger partial charge in [0.1, 0.15) is 0 Å². The van der Waals surface area contributed by atoms with Crippen molar-refractivity contribution in [3.05, 3.63) is 58.9 Å². The number of aromatic amines is 1. The quantitative estimate of drug-likeness (QED) is 0.731. The molecule has 1 amide bonds. The minimum Gasteiger partial charge on any atom is -0.345 e. The molecular formula is C21H22N6O. The smallest absolute Gasteiger partial charge is 0.255 e. The Bertz CT molecular complexity index is 1020. The van der Waals surface area contributed by atoms with Crippen LogP contribution in [0.5, 0.6) is 0 Å². The molecule has 3 heterocycles. The molecule has 3 aromatic heterocycles. The van der Waals surface area contributed by atoms with Crippen LogP contribution in [-0.4, -0.2) is 31.1 Å². The van der Waals surface area contributed by atoms with Crippen LogP contribution in [-0.2, 0) is 6.42 Å². The van der Waals surface area contributed by atoms with Gasteiger partial charge in [0, 0.05) is 47.0 Å². The van der Waals surface area contributed by atoms with E-state index in [0.717, 1.165) is 60.3 Å². The Hall–Kier alpha value is -3.09. The van der Waals surface area contributed by atoms with Crippen LogP contribution in [0, 0.1) is 6.92 Å². The number of pyridine rings is 1. The van der Waals surface area contributed by atoms with E-state index in [0.29, 0.717) is 17.3 Å². The number of nitrogens with one attached hydrogen (secondary N) is 2. The molecule has 3 aromatic rings. The Morgan fingerprint density at radius 3 is 2.93 bits per heavy atom. The van der Waals surface area contributed by atoms with Crippen molar-refractivity contribution in [1.29, 1.82) is 0 Å². The molecule has 7 heteroatoms. The minimum absolute atomic E-state index is 0.0534. The van der Waals surface area contributed by atoms with Crippen LogP contribution < -0.4 is 5.32 Å². The molecule has 2 aliphatic rings. The van der Waals surface area contributed by atoms with Crippen molar-refractivity contribution in [2.24, 2.45) is 0 Å². The monoisotopic (exact) mass is 374 g/mol. The fourth-order valence-electron chi connectivity index (χ4n) is 3.95. The minimum atomic E-state index is -0.0689. The van der Waals surface area contributed by atoms with E-state index < -0.39 is 0 Å². The topological polar surface area (TPSA) is 96.5 Å². The van der Waals surface area contributed by atoms with Crippen molar-refractivity contribution in [2.75, 3.05) is 0 Å². The number of amides is 1. The third kappa shape index (κ3) is 3.06. The summed E-state index contributed by atoms with van der Waals surface area (Å²) in [5.41, 5.74) is 5.38. The molecule has 1 atom stereocenters. The highest BCUT2D eigenvalue weighted by Crippen LogP contribution is 2.41. The summed E-state index contributed by atoms with van der Waals surface area (Å²) in [5, 5.41) is 10.6. The molecule has 1 unspecified atom stereocenters. The molecule has 0 saturated heterocycles. The Morgan fingerprint density at radius 2 is 2.14 bits per heavy atom. The molecular weight excluding hydrogens is 352 g/mol. The van der Waals surface area contributed by atoms with Crippen molar-refractivity contribution in [2.45, 2.75) is 51.0 Å². The first-order chi connectivity index (χ1) is 13.7. The average Bonchev–Trinajstić information content (AvgIpc) is 3.50. The summed E-state index contributed by atoms with van der Waals surface area (Å²) >= 11 is 0. The first-order valence-electron chi connectivity index (χ1n) is 9.82. The van der Waals surface area contributed by atoms with Crippen LogP contribution in [0.1, 0.15) is 70.6 Å². The van der Waals surface area contributed by atoms with Crippen molar-refractivity contribution in [3.8, 4) is 11.4 Å². The fourth-order valence-corrected chi connectivity index (χ4v) is 3.95. The molecule has 2 aliphatic carbocycles. The maximum atomic E-state index is 13.0. The molecule has 142 valence electrons. The molecule has 0 aromatic carbocycles. The molecule has 28 heavy (non-hydrogen) atoms. The number of aromatic nitrogens is 5. The van der Waals surface area contributed by atoms with E-state index >= 15 is 0 Å². The number of carbonyl (C=O) groups excluding carboxylic acids is 1. The van der Waals surface area contributed by atoms with Crippen LogP contribution in [0.4, 0.5) is 0 Å². The number of nitrogens with zero attached hydrogens (tertiary/aromatic N) is 4. The standard InChI is InChI=1S/C21H22N6O/c1-12-18(19(27-26-12)13-7-8-13)21(28)25-17-6-2-5-16-15(17)11-23-20(24-16)14-4-3-9-22-10-14/h3-4,9-11,13,17H,2,5-8H2,1H3,(H,25,28)(H,26,27). The van der Waals surface area contributed by atoms with Crippen LogP contribution in [0.3, 0.4) is 0 Å². The number of aryl methyl sites for hydroxylation is 2. The summed E-state index contributed by atoms with van der Waals surface area (Å²) < 4.78 is 0. The molecule has 7 nitrogen and oxygen atoms in total. The van der Waals surface area contributed by atoms with Gasteiger partial charge in [0.2, 0.25) is 0 Å². The lowest BCUT2D eigenvalue weighted by Gasteiger charge is -2.25. The SMILES string of the molecule is Cc1[nH]nc(C2CC2)c1C(=O)NC1CCCc2nc(-c3cccnc3)ncc21. The predicted molar refractivity (Wildman–Crippen MR) is 104 cm³/mol. The molecule has 1 fully saturated rings. The van der Waals surface area contributed by atoms with E-state index in [9.17, 15) is 4.79 Å². The van der Waals surface area contributed by atoms with E-state index in [1.165, 1.54) is 0 Å². The van der Waals surface area contributed by atoms with Crippen molar-refractivity contribution in [1.82, 2.24) is 30.5 Å². The summed E-state index contributed by atoms with van der Waals surface area (Å²) in [4.78, 5) is 26.5. The van der Waals surface area contributed by atoms with Gasteiger partial charge >= 0.3 is 0 Å². The number of fused-ring (bicyclic) bond motifs is 1. The second kappa shape index (κ2) is 6.82. The van der Waals surface area contributed by atoms with Gasteiger partial charge in [0.25, 0.3) is 5.91 Å². The molecule has 0 aliphatic heterocycles. The third-order valence-electron chi connectivity index (χ3n) is 5.57. The lowest BCUT2D eigenvalue weighted by molar-refractivity contribution is 0.0931. The zero-order chi connectivity index (χ0) is 19.1. The number of carbonyl (C=O) groups is 1. The predicted octanol–water partition coefficient (Wildman–Crippen LogP) is 3.25. The van der Waals surface area contributed by atoms with Gasteiger partial charge in [-0.15, -0.1) is 0 Å². The summed E-state index contributed by atoms with van der Waals surface area (Å²) in [5.74, 6) is 1.05. The molecule has 0 radical (unpaired) electrons. The number of H-pyrrole nitrogens is 1. The highest BCUT2D eigenvalue weighted by molar-refractivity contribution is 5.97. The lowest BCUT2D eigenvalue weighted by Crippen LogP contribution is -2.32. The zero-order valence-corrected chi connectivity index (χ0v) is 15.8.